The molecule has 0 unspecified atom stereocenters. The first kappa shape index (κ1) is 19.6. The molecule has 0 fully saturated rings. The van der Waals surface area contributed by atoms with Gasteiger partial charge in [0, 0.05) is 20.0 Å². The van der Waals surface area contributed by atoms with E-state index in [0.29, 0.717) is 13.0 Å². The molecule has 0 saturated heterocycles. The lowest BCUT2D eigenvalue weighted by atomic mass is 10.0. The summed E-state index contributed by atoms with van der Waals surface area (Å²) in [5.41, 5.74) is 5.87. The van der Waals surface area contributed by atoms with Crippen LogP contribution in [-0.4, -0.2) is 24.1 Å². The van der Waals surface area contributed by atoms with Crippen molar-refractivity contribution in [2.75, 3.05) is 7.05 Å². The number of carbonyl (C=O) groups is 2. The quantitative estimate of drug-likeness (QED) is 0.529. The number of rotatable bonds is 8. The molecular formula is C23H27NO2. The van der Waals surface area contributed by atoms with Crippen molar-refractivity contribution in [3.05, 3.63) is 82.4 Å². The minimum atomic E-state index is -0.00729. The number of aldehydes is 1. The molecule has 0 aliphatic carbocycles. The Bertz CT molecular complexity index is 775. The molecule has 0 aliphatic heterocycles. The number of likely N-dealkylation sites (N-methyl/N-ethyl adjacent to an activating group) is 1. The zero-order valence-electron chi connectivity index (χ0n) is 15.9. The molecule has 136 valence electrons. The minimum Gasteiger partial charge on any atom is -0.338 e. The number of allylic oxidation sites excluding steroid dienone is 1. The number of aryl methyl sites for hydroxylation is 3. The van der Waals surface area contributed by atoms with Crippen molar-refractivity contribution in [1.82, 2.24) is 4.90 Å². The van der Waals surface area contributed by atoms with Gasteiger partial charge in [-0.2, -0.15) is 0 Å². The Kier molecular flexibility index (Phi) is 7.34. The van der Waals surface area contributed by atoms with Gasteiger partial charge >= 0.3 is 0 Å². The average molecular weight is 349 g/mol. The van der Waals surface area contributed by atoms with Crippen LogP contribution in [0.4, 0.5) is 0 Å². The molecule has 26 heavy (non-hydrogen) atoms. The van der Waals surface area contributed by atoms with E-state index in [1.807, 2.05) is 26.1 Å². The Balaban J connectivity index is 1.92. The maximum atomic E-state index is 12.3. The van der Waals surface area contributed by atoms with Gasteiger partial charge in [-0.3, -0.25) is 4.79 Å². The second kappa shape index (κ2) is 9.71. The average Bonchev–Trinajstić information content (AvgIpc) is 2.63. The lowest BCUT2D eigenvalue weighted by molar-refractivity contribution is -0.125. The predicted molar refractivity (Wildman–Crippen MR) is 106 cm³/mol. The standard InChI is InChI=1S/C23H27NO2/c1-18-9-12-20(13-10-18)6-4-8-23(26)24(3)17-21-14-11-19(2)22(16-21)7-5-15-25/h4,8-16H,5-7,17H2,1-3H3/b8-4-. The van der Waals surface area contributed by atoms with E-state index in [1.165, 1.54) is 22.3 Å². The number of benzene rings is 2. The highest BCUT2D eigenvalue weighted by Crippen LogP contribution is 2.14. The van der Waals surface area contributed by atoms with Gasteiger partial charge in [-0.25, -0.2) is 0 Å². The van der Waals surface area contributed by atoms with E-state index in [0.717, 1.165) is 24.7 Å². The highest BCUT2D eigenvalue weighted by atomic mass is 16.2. The van der Waals surface area contributed by atoms with Gasteiger partial charge in [0.25, 0.3) is 0 Å². The third-order valence-corrected chi connectivity index (χ3v) is 4.48. The van der Waals surface area contributed by atoms with E-state index in [1.54, 1.807) is 11.0 Å². The summed E-state index contributed by atoms with van der Waals surface area (Å²) in [6.07, 6.45) is 6.52. The molecule has 0 heterocycles. The van der Waals surface area contributed by atoms with Crippen molar-refractivity contribution in [3.63, 3.8) is 0 Å². The molecule has 0 spiro atoms. The fourth-order valence-electron chi connectivity index (χ4n) is 2.81. The third-order valence-electron chi connectivity index (χ3n) is 4.48. The highest BCUT2D eigenvalue weighted by molar-refractivity contribution is 5.87. The van der Waals surface area contributed by atoms with Crippen LogP contribution in [-0.2, 0) is 29.0 Å². The van der Waals surface area contributed by atoms with E-state index >= 15 is 0 Å². The van der Waals surface area contributed by atoms with Crippen LogP contribution in [0.25, 0.3) is 0 Å². The van der Waals surface area contributed by atoms with Gasteiger partial charge in [-0.15, -0.1) is 0 Å². The summed E-state index contributed by atoms with van der Waals surface area (Å²) in [5, 5.41) is 0. The van der Waals surface area contributed by atoms with Crippen LogP contribution in [0.5, 0.6) is 0 Å². The van der Waals surface area contributed by atoms with E-state index < -0.39 is 0 Å². The van der Waals surface area contributed by atoms with Crippen LogP contribution in [0.3, 0.4) is 0 Å². The first-order chi connectivity index (χ1) is 12.5. The molecule has 0 radical (unpaired) electrons. The molecule has 0 N–H and O–H groups in total. The lowest BCUT2D eigenvalue weighted by Crippen LogP contribution is -2.24. The van der Waals surface area contributed by atoms with Gasteiger partial charge in [0.15, 0.2) is 0 Å². The Morgan fingerprint density at radius 1 is 1.04 bits per heavy atom. The fraction of sp³-hybridized carbons (Fsp3) is 0.304. The third kappa shape index (κ3) is 5.99. The lowest BCUT2D eigenvalue weighted by Gasteiger charge is -2.16. The summed E-state index contributed by atoms with van der Waals surface area (Å²) in [6, 6.07) is 14.5. The molecule has 2 aromatic carbocycles. The largest absolute Gasteiger partial charge is 0.338 e. The summed E-state index contributed by atoms with van der Waals surface area (Å²) < 4.78 is 0. The van der Waals surface area contributed by atoms with Crippen LogP contribution in [0.15, 0.2) is 54.6 Å². The van der Waals surface area contributed by atoms with Crippen LogP contribution in [0.2, 0.25) is 0 Å². The smallest absolute Gasteiger partial charge is 0.246 e. The number of carbonyl (C=O) groups excluding carboxylic acids is 2. The summed E-state index contributed by atoms with van der Waals surface area (Å²) in [7, 11) is 1.81. The number of hydrogen-bond donors (Lipinski definition) is 0. The van der Waals surface area contributed by atoms with Gasteiger partial charge in [0.05, 0.1) is 0 Å². The van der Waals surface area contributed by atoms with Crippen molar-refractivity contribution in [1.29, 1.82) is 0 Å². The van der Waals surface area contributed by atoms with Gasteiger partial charge < -0.3 is 9.69 Å². The fourth-order valence-corrected chi connectivity index (χ4v) is 2.81. The molecule has 3 nitrogen and oxygen atoms in total. The van der Waals surface area contributed by atoms with E-state index in [2.05, 4.69) is 43.3 Å². The monoisotopic (exact) mass is 349 g/mol. The van der Waals surface area contributed by atoms with E-state index in [-0.39, 0.29) is 5.91 Å². The summed E-state index contributed by atoms with van der Waals surface area (Å²) in [4.78, 5) is 24.6. The zero-order chi connectivity index (χ0) is 18.9. The number of nitrogens with zero attached hydrogens (tertiary/aromatic N) is 1. The molecule has 1 amide bonds. The Morgan fingerprint density at radius 3 is 2.42 bits per heavy atom. The van der Waals surface area contributed by atoms with E-state index in [4.69, 9.17) is 0 Å². The normalized spacial score (nSPS) is 10.9. The highest BCUT2D eigenvalue weighted by Gasteiger charge is 2.07. The zero-order valence-corrected chi connectivity index (χ0v) is 15.9. The van der Waals surface area contributed by atoms with Crippen molar-refractivity contribution in [2.24, 2.45) is 0 Å². The van der Waals surface area contributed by atoms with E-state index in [9.17, 15) is 9.59 Å². The molecule has 0 aromatic heterocycles. The Hall–Kier alpha value is -2.68. The predicted octanol–water partition coefficient (Wildman–Crippen LogP) is 4.19. The first-order valence-electron chi connectivity index (χ1n) is 8.99. The molecule has 0 bridgehead atoms. The molecule has 2 aromatic rings. The molecule has 2 rings (SSSR count). The van der Waals surface area contributed by atoms with Crippen molar-refractivity contribution < 1.29 is 9.59 Å². The first-order valence-corrected chi connectivity index (χ1v) is 8.99. The van der Waals surface area contributed by atoms with Gasteiger partial charge in [-0.05, 0) is 55.0 Å². The minimum absolute atomic E-state index is 0.00729. The molecule has 0 atom stereocenters. The Labute approximate surface area is 156 Å². The van der Waals surface area contributed by atoms with Crippen LogP contribution in [0.1, 0.15) is 34.2 Å². The SMILES string of the molecule is Cc1ccc(C/C=C\C(=O)N(C)Cc2ccc(C)c(CCC=O)c2)cc1. The van der Waals surface area contributed by atoms with Crippen molar-refractivity contribution in [3.8, 4) is 0 Å². The number of amides is 1. The topological polar surface area (TPSA) is 37.4 Å². The van der Waals surface area contributed by atoms with Crippen LogP contribution < -0.4 is 0 Å². The molecule has 0 saturated carbocycles. The second-order valence-electron chi connectivity index (χ2n) is 6.75. The van der Waals surface area contributed by atoms with Gasteiger partial charge in [0.2, 0.25) is 5.91 Å². The summed E-state index contributed by atoms with van der Waals surface area (Å²) in [5.74, 6) is -0.00729. The van der Waals surface area contributed by atoms with Crippen molar-refractivity contribution >= 4 is 12.2 Å². The van der Waals surface area contributed by atoms with Gasteiger partial charge in [-0.1, -0.05) is 54.1 Å². The molecule has 0 aliphatic rings. The summed E-state index contributed by atoms with van der Waals surface area (Å²) >= 11 is 0. The number of hydrogen-bond acceptors (Lipinski definition) is 2. The Morgan fingerprint density at radius 2 is 1.73 bits per heavy atom. The molecular weight excluding hydrogens is 322 g/mol. The van der Waals surface area contributed by atoms with Crippen molar-refractivity contribution in [2.45, 2.75) is 39.7 Å². The maximum Gasteiger partial charge on any atom is 0.246 e. The summed E-state index contributed by atoms with van der Waals surface area (Å²) in [6.45, 7) is 4.67. The molecule has 3 heteroatoms. The van der Waals surface area contributed by atoms with Crippen LogP contribution in [0, 0.1) is 13.8 Å². The second-order valence-corrected chi connectivity index (χ2v) is 6.75. The van der Waals surface area contributed by atoms with Crippen LogP contribution >= 0.6 is 0 Å². The van der Waals surface area contributed by atoms with Gasteiger partial charge in [0.1, 0.15) is 6.29 Å². The maximum absolute atomic E-state index is 12.3.